The van der Waals surface area contributed by atoms with Gasteiger partial charge in [-0.2, -0.15) is 0 Å². The van der Waals surface area contributed by atoms with Crippen LogP contribution in [0.4, 0.5) is 18.9 Å². The molecule has 3 atom stereocenters. The van der Waals surface area contributed by atoms with Crippen LogP contribution in [0.15, 0.2) is 36.4 Å². The molecule has 35 heavy (non-hydrogen) atoms. The van der Waals surface area contributed by atoms with Crippen molar-refractivity contribution in [3.05, 3.63) is 59.4 Å². The fourth-order valence-electron chi connectivity index (χ4n) is 3.96. The molecule has 0 spiro atoms. The van der Waals surface area contributed by atoms with Gasteiger partial charge in [-0.1, -0.05) is 0 Å². The van der Waals surface area contributed by atoms with E-state index in [0.29, 0.717) is 11.8 Å². The van der Waals surface area contributed by atoms with Gasteiger partial charge in [-0.3, -0.25) is 9.59 Å². The number of amides is 2. The predicted molar refractivity (Wildman–Crippen MR) is 121 cm³/mol. The number of carbonyl (C=O) groups excluding carboxylic acids is 3. The molecule has 7 nitrogen and oxygen atoms in total. The lowest BCUT2D eigenvalue weighted by Crippen LogP contribution is -2.49. The minimum Gasteiger partial charge on any atom is -0.484 e. The molecular formula is C25H27F3N2O5. The number of hydrogen-bond acceptors (Lipinski definition) is 5. The minimum atomic E-state index is -1.73. The number of rotatable bonds is 7. The summed E-state index contributed by atoms with van der Waals surface area (Å²) in [5.41, 5.74) is -0.471. The molecule has 10 heteroatoms. The number of piperidine rings is 1. The second-order valence-electron chi connectivity index (χ2n) is 8.50. The first-order valence-corrected chi connectivity index (χ1v) is 11.3. The highest BCUT2D eigenvalue weighted by Crippen LogP contribution is 2.23. The number of hydrogen-bond donors (Lipinski definition) is 1. The van der Waals surface area contributed by atoms with Gasteiger partial charge in [-0.05, 0) is 76.4 Å². The first-order chi connectivity index (χ1) is 16.6. The number of halogens is 3. The molecule has 1 aliphatic heterocycles. The van der Waals surface area contributed by atoms with Crippen LogP contribution in [0.25, 0.3) is 0 Å². The summed E-state index contributed by atoms with van der Waals surface area (Å²) in [7, 11) is 0. The van der Waals surface area contributed by atoms with Crippen LogP contribution in [0.2, 0.25) is 0 Å². The van der Waals surface area contributed by atoms with Crippen molar-refractivity contribution >= 4 is 23.5 Å². The van der Waals surface area contributed by atoms with Gasteiger partial charge in [0.1, 0.15) is 5.75 Å². The molecule has 2 amide bonds. The fourth-order valence-corrected chi connectivity index (χ4v) is 3.96. The standard InChI is InChI=1S/C25H27F3N2O5/c1-14-5-4-6-15(2)30(14)21(31)13-34-18-9-7-17(8-10-18)25(33)35-16(3)24(32)29-20-12-11-19(26)22(27)23(20)28/h7-12,14-16H,4-6,13H2,1-3H3,(H,29,32). The predicted octanol–water partition coefficient (Wildman–Crippen LogP) is 4.46. The molecule has 1 saturated heterocycles. The highest BCUT2D eigenvalue weighted by molar-refractivity contribution is 5.97. The summed E-state index contributed by atoms with van der Waals surface area (Å²) in [4.78, 5) is 38.9. The molecule has 1 heterocycles. The van der Waals surface area contributed by atoms with Gasteiger partial charge in [0, 0.05) is 12.1 Å². The Morgan fingerprint density at radius 2 is 1.63 bits per heavy atom. The van der Waals surface area contributed by atoms with Crippen LogP contribution in [-0.2, 0) is 14.3 Å². The van der Waals surface area contributed by atoms with Gasteiger partial charge in [-0.15, -0.1) is 0 Å². The fraction of sp³-hybridized carbons (Fsp3) is 0.400. The number of likely N-dealkylation sites (tertiary alicyclic amines) is 1. The number of esters is 1. The van der Waals surface area contributed by atoms with Crippen molar-refractivity contribution < 1.29 is 37.0 Å². The number of nitrogens with one attached hydrogen (secondary N) is 1. The van der Waals surface area contributed by atoms with E-state index >= 15 is 0 Å². The van der Waals surface area contributed by atoms with E-state index in [1.807, 2.05) is 18.7 Å². The number of ether oxygens (including phenoxy) is 2. The van der Waals surface area contributed by atoms with Crippen LogP contribution < -0.4 is 10.1 Å². The zero-order valence-electron chi connectivity index (χ0n) is 19.6. The van der Waals surface area contributed by atoms with Crippen molar-refractivity contribution in [3.8, 4) is 5.75 Å². The molecule has 2 aromatic rings. The third-order valence-corrected chi connectivity index (χ3v) is 5.88. The zero-order chi connectivity index (χ0) is 25.7. The topological polar surface area (TPSA) is 84.9 Å². The Bertz CT molecular complexity index is 1080. The molecule has 0 radical (unpaired) electrons. The highest BCUT2D eigenvalue weighted by atomic mass is 19.2. The van der Waals surface area contributed by atoms with E-state index in [2.05, 4.69) is 5.32 Å². The van der Waals surface area contributed by atoms with E-state index in [-0.39, 0.29) is 30.2 Å². The van der Waals surface area contributed by atoms with Crippen LogP contribution in [-0.4, -0.2) is 47.5 Å². The smallest absolute Gasteiger partial charge is 0.338 e. The molecule has 0 saturated carbocycles. The van der Waals surface area contributed by atoms with Crippen molar-refractivity contribution in [3.63, 3.8) is 0 Å². The molecule has 1 fully saturated rings. The van der Waals surface area contributed by atoms with Crippen LogP contribution in [0, 0.1) is 17.5 Å². The average molecular weight is 492 g/mol. The van der Waals surface area contributed by atoms with E-state index in [1.54, 1.807) is 0 Å². The summed E-state index contributed by atoms with van der Waals surface area (Å²) >= 11 is 0. The van der Waals surface area contributed by atoms with Gasteiger partial charge >= 0.3 is 5.97 Å². The largest absolute Gasteiger partial charge is 0.484 e. The SMILES string of the molecule is CC(OC(=O)c1ccc(OCC(=O)N2C(C)CCCC2C)cc1)C(=O)Nc1ccc(F)c(F)c1F. The van der Waals surface area contributed by atoms with Gasteiger partial charge in [-0.25, -0.2) is 18.0 Å². The Labute approximate surface area is 201 Å². The molecule has 1 N–H and O–H groups in total. The van der Waals surface area contributed by atoms with Crippen LogP contribution in [0.5, 0.6) is 5.75 Å². The third-order valence-electron chi connectivity index (χ3n) is 5.88. The number of anilines is 1. The molecule has 0 aliphatic carbocycles. The first kappa shape index (κ1) is 26.1. The molecule has 188 valence electrons. The maximum absolute atomic E-state index is 13.7. The van der Waals surface area contributed by atoms with E-state index in [0.717, 1.165) is 25.3 Å². The quantitative estimate of drug-likeness (QED) is 0.456. The lowest BCUT2D eigenvalue weighted by Gasteiger charge is -2.38. The molecule has 3 rings (SSSR count). The summed E-state index contributed by atoms with van der Waals surface area (Å²) in [6.07, 6.45) is 1.65. The van der Waals surface area contributed by atoms with E-state index in [9.17, 15) is 27.6 Å². The van der Waals surface area contributed by atoms with Crippen LogP contribution >= 0.6 is 0 Å². The monoisotopic (exact) mass is 492 g/mol. The summed E-state index contributed by atoms with van der Waals surface area (Å²) in [5, 5.41) is 2.05. The van der Waals surface area contributed by atoms with Crippen LogP contribution in [0.3, 0.4) is 0 Å². The van der Waals surface area contributed by atoms with Crippen molar-refractivity contribution in [1.82, 2.24) is 4.90 Å². The van der Waals surface area contributed by atoms with Crippen molar-refractivity contribution in [1.29, 1.82) is 0 Å². The molecule has 3 unspecified atom stereocenters. The number of benzene rings is 2. The number of carbonyl (C=O) groups is 3. The maximum atomic E-state index is 13.7. The van der Waals surface area contributed by atoms with Crippen molar-refractivity contribution in [2.45, 2.75) is 58.2 Å². The van der Waals surface area contributed by atoms with E-state index in [1.165, 1.54) is 31.2 Å². The lowest BCUT2D eigenvalue weighted by atomic mass is 9.97. The molecule has 2 aromatic carbocycles. The Kier molecular flexibility index (Phi) is 8.37. The molecule has 1 aliphatic rings. The normalized spacial score (nSPS) is 18.5. The molecule has 0 bridgehead atoms. The minimum absolute atomic E-state index is 0.106. The molecule has 0 aromatic heterocycles. The Balaban J connectivity index is 1.52. The average Bonchev–Trinajstić information content (AvgIpc) is 2.83. The lowest BCUT2D eigenvalue weighted by molar-refractivity contribution is -0.139. The second-order valence-corrected chi connectivity index (χ2v) is 8.50. The van der Waals surface area contributed by atoms with Gasteiger partial charge in [0.15, 0.2) is 30.2 Å². The summed E-state index contributed by atoms with van der Waals surface area (Å²) in [6, 6.07) is 7.64. The van der Waals surface area contributed by atoms with E-state index in [4.69, 9.17) is 9.47 Å². The maximum Gasteiger partial charge on any atom is 0.338 e. The Hall–Kier alpha value is -3.56. The Morgan fingerprint density at radius 3 is 2.26 bits per heavy atom. The van der Waals surface area contributed by atoms with Gasteiger partial charge in [0.25, 0.3) is 11.8 Å². The summed E-state index contributed by atoms with van der Waals surface area (Å²) < 4.78 is 50.7. The third kappa shape index (κ3) is 6.32. The van der Waals surface area contributed by atoms with E-state index < -0.39 is 41.1 Å². The molecular weight excluding hydrogens is 465 g/mol. The van der Waals surface area contributed by atoms with Crippen molar-refractivity contribution in [2.24, 2.45) is 0 Å². The first-order valence-electron chi connectivity index (χ1n) is 11.3. The van der Waals surface area contributed by atoms with Gasteiger partial charge < -0.3 is 19.7 Å². The number of nitrogens with zero attached hydrogens (tertiary/aromatic N) is 1. The second kappa shape index (κ2) is 11.2. The van der Waals surface area contributed by atoms with Crippen molar-refractivity contribution in [2.75, 3.05) is 11.9 Å². The van der Waals surface area contributed by atoms with Gasteiger partial charge in [0.05, 0.1) is 11.3 Å². The summed E-state index contributed by atoms with van der Waals surface area (Å²) in [6.45, 7) is 5.15. The summed E-state index contributed by atoms with van der Waals surface area (Å²) in [5.74, 6) is -6.17. The zero-order valence-corrected chi connectivity index (χ0v) is 19.6. The van der Waals surface area contributed by atoms with Crippen LogP contribution in [0.1, 0.15) is 50.4 Å². The van der Waals surface area contributed by atoms with Gasteiger partial charge in [0.2, 0.25) is 0 Å². The highest BCUT2D eigenvalue weighted by Gasteiger charge is 2.29. The Morgan fingerprint density at radius 1 is 1.00 bits per heavy atom.